The van der Waals surface area contributed by atoms with Gasteiger partial charge in [0.1, 0.15) is 10.8 Å². The molecule has 0 aliphatic carbocycles. The van der Waals surface area contributed by atoms with Gasteiger partial charge in [-0.25, -0.2) is 9.37 Å². The largest absolute Gasteiger partial charge is 0.236 e. The third kappa shape index (κ3) is 2.89. The molecule has 0 N–H and O–H groups in total. The molecule has 2 aromatic carbocycles. The highest BCUT2D eigenvalue weighted by atomic mass is 79.9. The molecule has 3 aromatic rings. The van der Waals surface area contributed by atoms with Gasteiger partial charge in [0.25, 0.3) is 0 Å². The van der Waals surface area contributed by atoms with E-state index >= 15 is 0 Å². The molecule has 0 aliphatic rings. The van der Waals surface area contributed by atoms with Crippen LogP contribution in [0.3, 0.4) is 0 Å². The van der Waals surface area contributed by atoms with E-state index in [1.807, 2.05) is 31.2 Å². The van der Waals surface area contributed by atoms with Crippen molar-refractivity contribution >= 4 is 38.9 Å². The molecule has 5 heteroatoms. The molecule has 0 saturated carbocycles. The number of nitrogens with zero attached hydrogens (tertiary/aromatic N) is 1. The SMILES string of the molecule is Cc1sc(-c2c(F)cccc2Cl)nc1-c1cccc(Br)c1. The summed E-state index contributed by atoms with van der Waals surface area (Å²) in [6.45, 7) is 1.98. The second kappa shape index (κ2) is 5.87. The highest BCUT2D eigenvalue weighted by molar-refractivity contribution is 9.10. The summed E-state index contributed by atoms with van der Waals surface area (Å²) in [6, 6.07) is 12.6. The maximum atomic E-state index is 14.0. The average molecular weight is 383 g/mol. The standard InChI is InChI=1S/C16H10BrClFNS/c1-9-15(10-4-2-5-11(17)8-10)20-16(21-9)14-12(18)6-3-7-13(14)19/h2-8H,1H3. The van der Waals surface area contributed by atoms with Crippen molar-refractivity contribution in [3.05, 3.63) is 62.7 Å². The van der Waals surface area contributed by atoms with Crippen molar-refractivity contribution in [1.82, 2.24) is 4.98 Å². The smallest absolute Gasteiger partial charge is 0.134 e. The number of thiazole rings is 1. The van der Waals surface area contributed by atoms with Crippen molar-refractivity contribution in [3.63, 3.8) is 0 Å². The minimum absolute atomic E-state index is 0.350. The molecule has 0 radical (unpaired) electrons. The molecule has 0 saturated heterocycles. The number of aromatic nitrogens is 1. The number of halogens is 3. The van der Waals surface area contributed by atoms with Crippen LogP contribution in [0.2, 0.25) is 5.02 Å². The molecular weight excluding hydrogens is 373 g/mol. The summed E-state index contributed by atoms with van der Waals surface area (Å²) in [5.41, 5.74) is 2.22. The summed E-state index contributed by atoms with van der Waals surface area (Å²) in [5, 5.41) is 0.982. The third-order valence-electron chi connectivity index (χ3n) is 3.07. The first-order valence-corrected chi connectivity index (χ1v) is 8.23. The Kier molecular flexibility index (Phi) is 4.11. The third-order valence-corrected chi connectivity index (χ3v) is 4.87. The lowest BCUT2D eigenvalue weighted by molar-refractivity contribution is 0.631. The van der Waals surface area contributed by atoms with Crippen LogP contribution in [0.4, 0.5) is 4.39 Å². The fourth-order valence-corrected chi connectivity index (χ4v) is 3.81. The van der Waals surface area contributed by atoms with Crippen LogP contribution in [0.15, 0.2) is 46.9 Å². The summed E-state index contributed by atoms with van der Waals surface area (Å²) in [7, 11) is 0. The van der Waals surface area contributed by atoms with Gasteiger partial charge in [0.2, 0.25) is 0 Å². The van der Waals surface area contributed by atoms with E-state index in [1.165, 1.54) is 17.4 Å². The Hall–Kier alpha value is -1.23. The van der Waals surface area contributed by atoms with Crippen LogP contribution in [0.25, 0.3) is 21.8 Å². The Morgan fingerprint density at radius 3 is 2.67 bits per heavy atom. The molecule has 0 amide bonds. The molecule has 0 spiro atoms. The molecule has 21 heavy (non-hydrogen) atoms. The fourth-order valence-electron chi connectivity index (χ4n) is 2.11. The maximum Gasteiger partial charge on any atom is 0.134 e. The van der Waals surface area contributed by atoms with Crippen LogP contribution < -0.4 is 0 Å². The summed E-state index contributed by atoms with van der Waals surface area (Å²) >= 11 is 11.0. The predicted octanol–water partition coefficient (Wildman–Crippen LogP) is 6.34. The van der Waals surface area contributed by atoms with Gasteiger partial charge in [-0.2, -0.15) is 0 Å². The first-order chi connectivity index (χ1) is 10.1. The fraction of sp³-hybridized carbons (Fsp3) is 0.0625. The summed E-state index contributed by atoms with van der Waals surface area (Å²) < 4.78 is 15.0. The molecule has 1 aromatic heterocycles. The molecule has 1 nitrogen and oxygen atoms in total. The van der Waals surface area contributed by atoms with Gasteiger partial charge >= 0.3 is 0 Å². The van der Waals surface area contributed by atoms with Gasteiger partial charge in [-0.05, 0) is 31.2 Å². The Balaban J connectivity index is 2.14. The summed E-state index contributed by atoms with van der Waals surface area (Å²) in [4.78, 5) is 5.62. The molecule has 0 bridgehead atoms. The highest BCUT2D eigenvalue weighted by Crippen LogP contribution is 2.38. The Morgan fingerprint density at radius 2 is 1.95 bits per heavy atom. The normalized spacial score (nSPS) is 10.9. The zero-order valence-corrected chi connectivity index (χ0v) is 14.2. The molecule has 106 valence electrons. The highest BCUT2D eigenvalue weighted by Gasteiger charge is 2.16. The van der Waals surface area contributed by atoms with Gasteiger partial charge < -0.3 is 0 Å². The van der Waals surface area contributed by atoms with Crippen LogP contribution in [0, 0.1) is 12.7 Å². The predicted molar refractivity (Wildman–Crippen MR) is 90.4 cm³/mol. The lowest BCUT2D eigenvalue weighted by atomic mass is 10.1. The average Bonchev–Trinajstić information content (AvgIpc) is 2.80. The van der Waals surface area contributed by atoms with Crippen molar-refractivity contribution in [2.45, 2.75) is 6.92 Å². The quantitative estimate of drug-likeness (QED) is 0.504. The minimum Gasteiger partial charge on any atom is -0.236 e. The van der Waals surface area contributed by atoms with Crippen LogP contribution in [-0.2, 0) is 0 Å². The van der Waals surface area contributed by atoms with E-state index < -0.39 is 0 Å². The van der Waals surface area contributed by atoms with Crippen LogP contribution in [0.1, 0.15) is 4.88 Å². The molecule has 3 rings (SSSR count). The zero-order chi connectivity index (χ0) is 15.0. The van der Waals surface area contributed by atoms with E-state index in [1.54, 1.807) is 12.1 Å². The van der Waals surface area contributed by atoms with Gasteiger partial charge in [-0.1, -0.05) is 45.7 Å². The van der Waals surface area contributed by atoms with Gasteiger partial charge in [0, 0.05) is 14.9 Å². The second-order valence-corrected chi connectivity index (χ2v) is 7.06. The van der Waals surface area contributed by atoms with Crippen molar-refractivity contribution in [2.75, 3.05) is 0 Å². The second-order valence-electron chi connectivity index (χ2n) is 4.53. The lowest BCUT2D eigenvalue weighted by Gasteiger charge is -2.01. The minimum atomic E-state index is -0.350. The zero-order valence-electron chi connectivity index (χ0n) is 11.0. The Morgan fingerprint density at radius 1 is 1.19 bits per heavy atom. The molecular formula is C16H10BrClFNS. The van der Waals surface area contributed by atoms with Crippen molar-refractivity contribution in [2.24, 2.45) is 0 Å². The van der Waals surface area contributed by atoms with E-state index in [0.717, 1.165) is 20.6 Å². The van der Waals surface area contributed by atoms with Gasteiger partial charge in [0.15, 0.2) is 0 Å². The van der Waals surface area contributed by atoms with E-state index in [2.05, 4.69) is 20.9 Å². The van der Waals surface area contributed by atoms with E-state index in [4.69, 9.17) is 11.6 Å². The molecule has 0 fully saturated rings. The van der Waals surface area contributed by atoms with Crippen LogP contribution in [0.5, 0.6) is 0 Å². The van der Waals surface area contributed by atoms with Gasteiger partial charge in [-0.3, -0.25) is 0 Å². The van der Waals surface area contributed by atoms with Crippen molar-refractivity contribution in [3.8, 4) is 21.8 Å². The topological polar surface area (TPSA) is 12.9 Å². The number of hydrogen-bond donors (Lipinski definition) is 0. The van der Waals surface area contributed by atoms with Crippen LogP contribution >= 0.6 is 38.9 Å². The lowest BCUT2D eigenvalue weighted by Crippen LogP contribution is -1.86. The molecule has 0 atom stereocenters. The number of rotatable bonds is 2. The summed E-state index contributed by atoms with van der Waals surface area (Å²) in [5.74, 6) is -0.350. The maximum absolute atomic E-state index is 14.0. The van der Waals surface area contributed by atoms with E-state index in [0.29, 0.717) is 15.6 Å². The Labute approximate surface area is 139 Å². The monoisotopic (exact) mass is 381 g/mol. The van der Waals surface area contributed by atoms with Crippen LogP contribution in [-0.4, -0.2) is 4.98 Å². The van der Waals surface area contributed by atoms with Crippen molar-refractivity contribution in [1.29, 1.82) is 0 Å². The number of hydrogen-bond acceptors (Lipinski definition) is 2. The van der Waals surface area contributed by atoms with Gasteiger partial charge in [-0.15, -0.1) is 11.3 Å². The van der Waals surface area contributed by atoms with E-state index in [9.17, 15) is 4.39 Å². The summed E-state index contributed by atoms with van der Waals surface area (Å²) in [6.07, 6.45) is 0. The molecule has 0 unspecified atom stereocenters. The van der Waals surface area contributed by atoms with Crippen molar-refractivity contribution < 1.29 is 4.39 Å². The first kappa shape index (κ1) is 14.7. The number of aryl methyl sites for hydroxylation is 1. The molecule has 0 aliphatic heterocycles. The van der Waals surface area contributed by atoms with E-state index in [-0.39, 0.29) is 5.82 Å². The Bertz CT molecular complexity index is 796. The molecule has 1 heterocycles. The number of benzene rings is 2. The first-order valence-electron chi connectivity index (χ1n) is 6.24. The van der Waals surface area contributed by atoms with Gasteiger partial charge in [0.05, 0.1) is 16.3 Å².